The molecule has 0 radical (unpaired) electrons. The summed E-state index contributed by atoms with van der Waals surface area (Å²) >= 11 is 0. The third-order valence-corrected chi connectivity index (χ3v) is 9.41. The van der Waals surface area contributed by atoms with E-state index < -0.39 is 23.8 Å². The van der Waals surface area contributed by atoms with Crippen molar-refractivity contribution in [1.29, 1.82) is 0 Å². The Labute approximate surface area is 376 Å². The number of carbonyl (C=O) groups is 6. The first-order chi connectivity index (χ1) is 27.8. The van der Waals surface area contributed by atoms with Gasteiger partial charge in [0.05, 0.1) is 26.1 Å². The first-order valence-corrected chi connectivity index (χ1v) is 19.2. The summed E-state index contributed by atoms with van der Waals surface area (Å²) in [5.74, 6) is -4.77. The Morgan fingerprint density at radius 1 is 0.492 bits per heavy atom. The number of hydrogen-bond donors (Lipinski definition) is 2. The minimum Gasteiger partial charge on any atom is -0.550 e. The van der Waals surface area contributed by atoms with Gasteiger partial charge in [-0.3, -0.25) is 19.2 Å². The zero-order valence-corrected chi connectivity index (χ0v) is 36.4. The predicted molar refractivity (Wildman–Crippen MR) is 221 cm³/mol. The Morgan fingerprint density at radius 3 is 1.08 bits per heavy atom. The van der Waals surface area contributed by atoms with Crippen molar-refractivity contribution in [2.75, 3.05) is 14.2 Å². The molecule has 308 valence electrons. The summed E-state index contributed by atoms with van der Waals surface area (Å²) in [6.45, 7) is 3.48. The SMILES string of the molecule is COC(=O)[C@@H](C)C[C@@H](Cc1ccc(-c2ccccc2)cc1)NC(=O)CCC(=O)[O-].COC(=O)[C@@H](C)C[C@@H](Cc1ccc(-c2ccccc2)cc1)NC(=O)CCC(=O)[O-].[Ca+2]. The van der Waals surface area contributed by atoms with Gasteiger partial charge in [0, 0.05) is 36.9 Å². The van der Waals surface area contributed by atoms with Gasteiger partial charge < -0.3 is 39.9 Å². The van der Waals surface area contributed by atoms with Gasteiger partial charge in [0.15, 0.2) is 0 Å². The molecule has 4 rings (SSSR count). The molecule has 4 aromatic rings. The number of ether oxygens (including phenoxy) is 2. The van der Waals surface area contributed by atoms with Crippen molar-refractivity contribution in [3.8, 4) is 22.3 Å². The van der Waals surface area contributed by atoms with Gasteiger partial charge in [-0.2, -0.15) is 0 Å². The van der Waals surface area contributed by atoms with Crippen molar-refractivity contribution in [2.24, 2.45) is 11.8 Å². The fourth-order valence-electron chi connectivity index (χ4n) is 6.36. The molecule has 0 aromatic heterocycles. The van der Waals surface area contributed by atoms with E-state index in [4.69, 9.17) is 9.47 Å². The molecule has 0 unspecified atom stereocenters. The average molecular weight is 833 g/mol. The topological polar surface area (TPSA) is 191 Å². The summed E-state index contributed by atoms with van der Waals surface area (Å²) in [6.07, 6.45) is 0.847. The second-order valence-electron chi connectivity index (χ2n) is 14.1. The van der Waals surface area contributed by atoms with Crippen LogP contribution >= 0.6 is 0 Å². The molecule has 0 spiro atoms. The van der Waals surface area contributed by atoms with Crippen LogP contribution in [0, 0.1) is 11.8 Å². The minimum atomic E-state index is -1.27. The largest absolute Gasteiger partial charge is 2.00 e. The number of carbonyl (C=O) groups excluding carboxylic acids is 6. The molecule has 4 aromatic carbocycles. The molecule has 0 heterocycles. The molecule has 0 aliphatic carbocycles. The second-order valence-corrected chi connectivity index (χ2v) is 14.1. The molecule has 0 saturated carbocycles. The van der Waals surface area contributed by atoms with E-state index in [1.165, 1.54) is 14.2 Å². The van der Waals surface area contributed by atoms with E-state index in [1.807, 2.05) is 109 Å². The molecule has 59 heavy (non-hydrogen) atoms. The first-order valence-electron chi connectivity index (χ1n) is 19.2. The number of benzene rings is 4. The van der Waals surface area contributed by atoms with Crippen LogP contribution in [0.5, 0.6) is 0 Å². The van der Waals surface area contributed by atoms with Crippen LogP contribution in [0.1, 0.15) is 63.5 Å². The number of nitrogens with one attached hydrogen (secondary N) is 2. The summed E-state index contributed by atoms with van der Waals surface area (Å²) in [6, 6.07) is 35.4. The van der Waals surface area contributed by atoms with E-state index in [1.54, 1.807) is 13.8 Å². The Kier molecular flexibility index (Phi) is 22.8. The van der Waals surface area contributed by atoms with Crippen molar-refractivity contribution in [2.45, 2.75) is 77.3 Å². The monoisotopic (exact) mass is 832 g/mol. The molecular weight excluding hydrogens is 781 g/mol. The molecule has 4 atom stereocenters. The molecule has 0 aliphatic heterocycles. The molecule has 12 nitrogen and oxygen atoms in total. The van der Waals surface area contributed by atoms with Crippen molar-refractivity contribution in [3.63, 3.8) is 0 Å². The number of hydrogen-bond acceptors (Lipinski definition) is 10. The molecule has 0 bridgehead atoms. The van der Waals surface area contributed by atoms with E-state index >= 15 is 0 Å². The van der Waals surface area contributed by atoms with Crippen LogP contribution in [0.4, 0.5) is 0 Å². The number of rotatable bonds is 20. The van der Waals surface area contributed by atoms with Crippen LogP contribution < -0.4 is 20.8 Å². The summed E-state index contributed by atoms with van der Waals surface area (Å²) in [5, 5.41) is 26.8. The van der Waals surface area contributed by atoms with Crippen LogP contribution in [0.15, 0.2) is 109 Å². The van der Waals surface area contributed by atoms with Gasteiger partial charge >= 0.3 is 49.7 Å². The van der Waals surface area contributed by atoms with Gasteiger partial charge in [-0.15, -0.1) is 0 Å². The van der Waals surface area contributed by atoms with Gasteiger partial charge in [-0.1, -0.05) is 123 Å². The number of amides is 2. The predicted octanol–water partition coefficient (Wildman–Crippen LogP) is 3.84. The first kappa shape index (κ1) is 50.1. The van der Waals surface area contributed by atoms with Crippen LogP contribution in [-0.2, 0) is 51.1 Å². The van der Waals surface area contributed by atoms with Crippen LogP contribution in [0.2, 0.25) is 0 Å². The third kappa shape index (κ3) is 19.1. The quantitative estimate of drug-likeness (QED) is 0.0978. The average Bonchev–Trinajstić information content (AvgIpc) is 3.22. The fourth-order valence-corrected chi connectivity index (χ4v) is 6.36. The van der Waals surface area contributed by atoms with Crippen molar-refractivity contribution < 1.29 is 48.5 Å². The molecule has 0 saturated heterocycles. The molecule has 13 heteroatoms. The van der Waals surface area contributed by atoms with E-state index in [0.717, 1.165) is 33.4 Å². The van der Waals surface area contributed by atoms with Crippen LogP contribution in [0.3, 0.4) is 0 Å². The zero-order chi connectivity index (χ0) is 42.5. The normalized spacial score (nSPS) is 12.4. The third-order valence-electron chi connectivity index (χ3n) is 9.41. The Balaban J connectivity index is 0.000000400. The summed E-state index contributed by atoms with van der Waals surface area (Å²) in [7, 11) is 2.66. The molecular formula is C46H52CaN2O10. The maximum Gasteiger partial charge on any atom is 2.00 e. The number of aliphatic carboxylic acids is 2. The summed E-state index contributed by atoms with van der Waals surface area (Å²) in [5.41, 5.74) is 6.42. The van der Waals surface area contributed by atoms with Gasteiger partial charge in [0.1, 0.15) is 0 Å². The maximum atomic E-state index is 12.1. The van der Waals surface area contributed by atoms with E-state index in [0.29, 0.717) is 25.7 Å². The molecule has 2 N–H and O–H groups in total. The maximum absolute atomic E-state index is 12.1. The van der Waals surface area contributed by atoms with E-state index in [-0.39, 0.29) is 99.3 Å². The molecule has 0 fully saturated rings. The molecule has 2 amide bonds. The van der Waals surface area contributed by atoms with E-state index in [9.17, 15) is 39.0 Å². The van der Waals surface area contributed by atoms with Gasteiger partial charge in [-0.25, -0.2) is 0 Å². The summed E-state index contributed by atoms with van der Waals surface area (Å²) < 4.78 is 9.55. The van der Waals surface area contributed by atoms with Gasteiger partial charge in [0.2, 0.25) is 11.8 Å². The minimum absolute atomic E-state index is 0. The zero-order valence-electron chi connectivity index (χ0n) is 34.1. The summed E-state index contributed by atoms with van der Waals surface area (Å²) in [4.78, 5) is 68.9. The Hall–Kier alpha value is -5.04. The number of carboxylic acids is 2. The standard InChI is InChI=1S/2C23H27NO5.Ca/c2*1-16(23(28)29-2)14-20(24-21(25)12-13-22(26)27)15-17-8-10-19(11-9-17)18-6-4-3-5-7-18;/h2*3-11,16,20H,12-15H2,1-2H3,(H,24,25)(H,26,27);/q;;+2/p-2/t2*16-,20-;/m00./s1. The van der Waals surface area contributed by atoms with Gasteiger partial charge in [0.25, 0.3) is 0 Å². The molecule has 0 aliphatic rings. The smallest absolute Gasteiger partial charge is 0.550 e. The van der Waals surface area contributed by atoms with Gasteiger partial charge in [-0.05, 0) is 71.9 Å². The Morgan fingerprint density at radius 2 is 0.797 bits per heavy atom. The van der Waals surface area contributed by atoms with Crippen molar-refractivity contribution in [3.05, 3.63) is 120 Å². The number of methoxy groups -OCH3 is 2. The van der Waals surface area contributed by atoms with Crippen LogP contribution in [0.25, 0.3) is 22.3 Å². The van der Waals surface area contributed by atoms with Crippen molar-refractivity contribution in [1.82, 2.24) is 10.6 Å². The van der Waals surface area contributed by atoms with E-state index in [2.05, 4.69) is 10.6 Å². The van der Waals surface area contributed by atoms with Crippen LogP contribution in [-0.4, -0.2) is 99.7 Å². The Bertz CT molecular complexity index is 1780. The van der Waals surface area contributed by atoms with Crippen molar-refractivity contribution >= 4 is 73.4 Å². The number of esters is 2. The fraction of sp³-hybridized carbons (Fsp3) is 0.348. The second kappa shape index (κ2) is 26.9. The number of carboxylic acid groups (broad SMARTS) is 2.